The van der Waals surface area contributed by atoms with Crippen molar-refractivity contribution in [2.24, 2.45) is 0 Å². The standard InChI is InChI=1S/C17H17Cl2FN2O2/c1-3-14-16(19)17(22-9-21-14)11-7-10(12(18)8-13(11)20)5-6-15(23)24-4-2/h7-9H,3-6H2,1-2H3. The van der Waals surface area contributed by atoms with Crippen LogP contribution < -0.4 is 0 Å². The number of benzene rings is 1. The molecule has 2 aromatic rings. The Morgan fingerprint density at radius 2 is 2.00 bits per heavy atom. The minimum absolute atomic E-state index is 0.163. The first-order chi connectivity index (χ1) is 11.5. The largest absolute Gasteiger partial charge is 0.466 e. The van der Waals surface area contributed by atoms with Gasteiger partial charge in [-0.2, -0.15) is 0 Å². The summed E-state index contributed by atoms with van der Waals surface area (Å²) in [4.78, 5) is 19.7. The van der Waals surface area contributed by atoms with Crippen molar-refractivity contribution < 1.29 is 13.9 Å². The Bertz CT molecular complexity index is 754. The van der Waals surface area contributed by atoms with E-state index in [1.54, 1.807) is 13.0 Å². The Labute approximate surface area is 150 Å². The number of carbonyl (C=O) groups is 1. The molecule has 0 amide bonds. The Kier molecular flexibility index (Phi) is 6.52. The highest BCUT2D eigenvalue weighted by atomic mass is 35.5. The number of rotatable bonds is 6. The van der Waals surface area contributed by atoms with Crippen LogP contribution in [0.1, 0.15) is 31.5 Å². The molecule has 4 nitrogen and oxygen atoms in total. The Balaban J connectivity index is 2.38. The van der Waals surface area contributed by atoms with Gasteiger partial charge in [-0.05, 0) is 37.5 Å². The van der Waals surface area contributed by atoms with Crippen molar-refractivity contribution in [2.45, 2.75) is 33.1 Å². The zero-order valence-electron chi connectivity index (χ0n) is 13.4. The minimum Gasteiger partial charge on any atom is -0.466 e. The van der Waals surface area contributed by atoms with Crippen LogP contribution in [0.3, 0.4) is 0 Å². The van der Waals surface area contributed by atoms with Crippen LogP contribution in [0, 0.1) is 5.82 Å². The number of hydrogen-bond donors (Lipinski definition) is 0. The number of halogens is 3. The summed E-state index contributed by atoms with van der Waals surface area (Å²) in [5, 5.41) is 0.569. The molecule has 7 heteroatoms. The normalized spacial score (nSPS) is 10.7. The lowest BCUT2D eigenvalue weighted by atomic mass is 10.0. The van der Waals surface area contributed by atoms with E-state index in [-0.39, 0.29) is 23.0 Å². The molecule has 0 spiro atoms. The van der Waals surface area contributed by atoms with Crippen molar-refractivity contribution >= 4 is 29.2 Å². The van der Waals surface area contributed by atoms with E-state index in [1.165, 1.54) is 12.4 Å². The quantitative estimate of drug-likeness (QED) is 0.694. The van der Waals surface area contributed by atoms with Crippen molar-refractivity contribution in [2.75, 3.05) is 6.61 Å². The van der Waals surface area contributed by atoms with Crippen LogP contribution in [0.25, 0.3) is 11.3 Å². The van der Waals surface area contributed by atoms with E-state index < -0.39 is 5.82 Å². The average molecular weight is 371 g/mol. The molecular formula is C17H17Cl2FN2O2. The molecule has 0 aliphatic carbocycles. The van der Waals surface area contributed by atoms with Gasteiger partial charge < -0.3 is 4.74 Å². The fourth-order valence-electron chi connectivity index (χ4n) is 2.28. The molecule has 24 heavy (non-hydrogen) atoms. The van der Waals surface area contributed by atoms with Gasteiger partial charge >= 0.3 is 5.97 Å². The molecule has 0 atom stereocenters. The maximum Gasteiger partial charge on any atom is 0.306 e. The summed E-state index contributed by atoms with van der Waals surface area (Å²) in [6.07, 6.45) is 2.47. The van der Waals surface area contributed by atoms with Gasteiger partial charge in [-0.25, -0.2) is 14.4 Å². The van der Waals surface area contributed by atoms with Gasteiger partial charge in [0, 0.05) is 17.0 Å². The maximum atomic E-state index is 14.4. The molecule has 1 heterocycles. The maximum absolute atomic E-state index is 14.4. The third kappa shape index (κ3) is 4.22. The van der Waals surface area contributed by atoms with Crippen LogP contribution >= 0.6 is 23.2 Å². The molecule has 1 aromatic heterocycles. The lowest BCUT2D eigenvalue weighted by molar-refractivity contribution is -0.143. The highest BCUT2D eigenvalue weighted by Gasteiger charge is 2.17. The van der Waals surface area contributed by atoms with Gasteiger partial charge in [0.25, 0.3) is 0 Å². The minimum atomic E-state index is -0.525. The van der Waals surface area contributed by atoms with E-state index >= 15 is 0 Å². The monoisotopic (exact) mass is 370 g/mol. The zero-order chi connectivity index (χ0) is 17.7. The summed E-state index contributed by atoms with van der Waals surface area (Å²) in [6, 6.07) is 2.78. The van der Waals surface area contributed by atoms with Crippen LogP contribution in [0.5, 0.6) is 0 Å². The van der Waals surface area contributed by atoms with Gasteiger partial charge in [0.05, 0.1) is 23.0 Å². The number of carbonyl (C=O) groups excluding carboxylic acids is 1. The van der Waals surface area contributed by atoms with E-state index in [0.29, 0.717) is 41.4 Å². The fraction of sp³-hybridized carbons (Fsp3) is 0.353. The van der Waals surface area contributed by atoms with Gasteiger partial charge in [-0.15, -0.1) is 0 Å². The molecule has 0 fully saturated rings. The molecule has 0 saturated carbocycles. The fourth-order valence-corrected chi connectivity index (χ4v) is 2.86. The smallest absolute Gasteiger partial charge is 0.306 e. The van der Waals surface area contributed by atoms with Gasteiger partial charge in [-0.1, -0.05) is 30.1 Å². The lowest BCUT2D eigenvalue weighted by Crippen LogP contribution is -2.06. The van der Waals surface area contributed by atoms with Gasteiger partial charge in [0.2, 0.25) is 0 Å². The molecule has 0 saturated heterocycles. The summed E-state index contributed by atoms with van der Waals surface area (Å²) < 4.78 is 19.2. The van der Waals surface area contributed by atoms with E-state index in [1.807, 2.05) is 6.92 Å². The Morgan fingerprint density at radius 1 is 1.25 bits per heavy atom. The van der Waals surface area contributed by atoms with Crippen LogP contribution in [0.2, 0.25) is 10.0 Å². The zero-order valence-corrected chi connectivity index (χ0v) is 14.9. The van der Waals surface area contributed by atoms with Gasteiger partial charge in [0.1, 0.15) is 12.1 Å². The molecule has 1 aromatic carbocycles. The average Bonchev–Trinajstić information content (AvgIpc) is 2.55. The van der Waals surface area contributed by atoms with E-state index in [4.69, 9.17) is 27.9 Å². The Morgan fingerprint density at radius 3 is 2.67 bits per heavy atom. The van der Waals surface area contributed by atoms with Gasteiger partial charge in [0.15, 0.2) is 0 Å². The summed E-state index contributed by atoms with van der Waals surface area (Å²) in [5.74, 6) is -0.852. The van der Waals surface area contributed by atoms with Crippen molar-refractivity contribution in [3.05, 3.63) is 45.6 Å². The SMILES string of the molecule is CCOC(=O)CCc1cc(-c2ncnc(CC)c2Cl)c(F)cc1Cl. The predicted octanol–water partition coefficient (Wildman–Crippen LogP) is 4.65. The topological polar surface area (TPSA) is 52.1 Å². The molecular weight excluding hydrogens is 354 g/mol. The highest BCUT2D eigenvalue weighted by molar-refractivity contribution is 6.34. The molecule has 128 valence electrons. The van der Waals surface area contributed by atoms with Crippen molar-refractivity contribution in [1.29, 1.82) is 0 Å². The number of ether oxygens (including phenoxy) is 1. The molecule has 0 N–H and O–H groups in total. The molecule has 0 aliphatic rings. The number of esters is 1. The van der Waals surface area contributed by atoms with Crippen LogP contribution in [0.15, 0.2) is 18.5 Å². The van der Waals surface area contributed by atoms with E-state index in [0.717, 1.165) is 0 Å². The van der Waals surface area contributed by atoms with Crippen LogP contribution in [-0.4, -0.2) is 22.5 Å². The molecule has 0 radical (unpaired) electrons. The van der Waals surface area contributed by atoms with Crippen LogP contribution in [-0.2, 0) is 22.4 Å². The third-order valence-corrected chi connectivity index (χ3v) is 4.24. The second-order valence-electron chi connectivity index (χ2n) is 5.06. The lowest BCUT2D eigenvalue weighted by Gasteiger charge is -2.11. The highest BCUT2D eigenvalue weighted by Crippen LogP contribution is 2.33. The van der Waals surface area contributed by atoms with E-state index in [2.05, 4.69) is 9.97 Å². The second-order valence-corrected chi connectivity index (χ2v) is 5.85. The third-order valence-electron chi connectivity index (χ3n) is 3.49. The number of aromatic nitrogens is 2. The molecule has 2 rings (SSSR count). The van der Waals surface area contributed by atoms with Crippen molar-refractivity contribution in [3.8, 4) is 11.3 Å². The second kappa shape index (κ2) is 8.40. The molecule has 0 aliphatic heterocycles. The Hall–Kier alpha value is -1.72. The summed E-state index contributed by atoms with van der Waals surface area (Å²) >= 11 is 12.4. The number of aryl methyl sites for hydroxylation is 2. The van der Waals surface area contributed by atoms with E-state index in [9.17, 15) is 9.18 Å². The first kappa shape index (κ1) is 18.6. The molecule has 0 bridgehead atoms. The summed E-state index contributed by atoms with van der Waals surface area (Å²) in [7, 11) is 0. The number of hydrogen-bond acceptors (Lipinski definition) is 4. The first-order valence-corrected chi connectivity index (χ1v) is 8.36. The molecule has 0 unspecified atom stereocenters. The van der Waals surface area contributed by atoms with Crippen molar-refractivity contribution in [3.63, 3.8) is 0 Å². The van der Waals surface area contributed by atoms with Crippen molar-refractivity contribution in [1.82, 2.24) is 9.97 Å². The number of nitrogens with zero attached hydrogens (tertiary/aromatic N) is 2. The predicted molar refractivity (Wildman–Crippen MR) is 91.8 cm³/mol. The summed E-state index contributed by atoms with van der Waals surface area (Å²) in [6.45, 7) is 3.96. The van der Waals surface area contributed by atoms with Gasteiger partial charge in [-0.3, -0.25) is 4.79 Å². The van der Waals surface area contributed by atoms with Crippen LogP contribution in [0.4, 0.5) is 4.39 Å². The summed E-state index contributed by atoms with van der Waals surface area (Å²) in [5.41, 5.74) is 1.83. The first-order valence-electron chi connectivity index (χ1n) is 7.61.